The minimum atomic E-state index is -0.0356. The first-order valence-electron chi connectivity index (χ1n) is 6.91. The molecule has 0 saturated carbocycles. The SMILES string of the molecule is COc1cc(C(C)=O)ccc1OCCOc1c(Cl)cccc1Cl. The predicted octanol–water partition coefficient (Wildman–Crippen LogP) is 4.66. The molecule has 0 amide bonds. The van der Waals surface area contributed by atoms with Crippen molar-refractivity contribution in [1.82, 2.24) is 0 Å². The highest BCUT2D eigenvalue weighted by molar-refractivity contribution is 6.37. The molecular formula is C17H16Cl2O4. The van der Waals surface area contributed by atoms with E-state index in [0.717, 1.165) is 0 Å². The van der Waals surface area contributed by atoms with Crippen LogP contribution in [0.2, 0.25) is 10.0 Å². The van der Waals surface area contributed by atoms with Gasteiger partial charge in [-0.25, -0.2) is 0 Å². The Hall–Kier alpha value is -1.91. The molecule has 2 rings (SSSR count). The van der Waals surface area contributed by atoms with Gasteiger partial charge < -0.3 is 14.2 Å². The van der Waals surface area contributed by atoms with Crippen LogP contribution in [0, 0.1) is 0 Å². The first-order chi connectivity index (χ1) is 11.0. The predicted molar refractivity (Wildman–Crippen MR) is 90.5 cm³/mol. The standard InChI is InChI=1S/C17H16Cl2O4/c1-11(20)12-6-7-15(16(10-12)21-2)22-8-9-23-17-13(18)4-3-5-14(17)19/h3-7,10H,8-9H2,1-2H3. The monoisotopic (exact) mass is 354 g/mol. The summed E-state index contributed by atoms with van der Waals surface area (Å²) in [7, 11) is 1.52. The van der Waals surface area contributed by atoms with E-state index in [1.54, 1.807) is 36.4 Å². The second-order valence-electron chi connectivity index (χ2n) is 4.67. The Balaban J connectivity index is 1.95. The number of para-hydroxylation sites is 1. The van der Waals surface area contributed by atoms with Crippen LogP contribution >= 0.6 is 23.2 Å². The zero-order chi connectivity index (χ0) is 16.8. The van der Waals surface area contributed by atoms with Gasteiger partial charge in [-0.15, -0.1) is 0 Å². The molecule has 2 aromatic rings. The third-order valence-electron chi connectivity index (χ3n) is 3.08. The smallest absolute Gasteiger partial charge is 0.161 e. The molecule has 2 aromatic carbocycles. The van der Waals surface area contributed by atoms with Crippen LogP contribution in [0.3, 0.4) is 0 Å². The van der Waals surface area contributed by atoms with Gasteiger partial charge in [0.25, 0.3) is 0 Å². The van der Waals surface area contributed by atoms with Gasteiger partial charge in [0.1, 0.15) is 13.2 Å². The molecule has 0 aromatic heterocycles. The number of halogens is 2. The fourth-order valence-electron chi connectivity index (χ4n) is 1.92. The fourth-order valence-corrected chi connectivity index (χ4v) is 2.43. The molecule has 0 bridgehead atoms. The average Bonchev–Trinajstić information content (AvgIpc) is 2.53. The van der Waals surface area contributed by atoms with E-state index in [9.17, 15) is 4.79 Å². The van der Waals surface area contributed by atoms with Gasteiger partial charge in [0, 0.05) is 5.56 Å². The summed E-state index contributed by atoms with van der Waals surface area (Å²) in [6, 6.07) is 10.2. The van der Waals surface area contributed by atoms with Gasteiger partial charge in [0.15, 0.2) is 23.0 Å². The molecule has 0 heterocycles. The Labute approximate surface area is 144 Å². The van der Waals surface area contributed by atoms with Gasteiger partial charge in [-0.3, -0.25) is 4.79 Å². The van der Waals surface area contributed by atoms with E-state index in [1.165, 1.54) is 14.0 Å². The molecule has 0 radical (unpaired) electrons. The lowest BCUT2D eigenvalue weighted by atomic mass is 10.1. The van der Waals surface area contributed by atoms with Gasteiger partial charge in [-0.1, -0.05) is 29.3 Å². The molecule has 0 aliphatic carbocycles. The van der Waals surface area contributed by atoms with E-state index in [1.807, 2.05) is 0 Å². The van der Waals surface area contributed by atoms with Crippen LogP contribution in [0.1, 0.15) is 17.3 Å². The van der Waals surface area contributed by atoms with E-state index in [-0.39, 0.29) is 19.0 Å². The van der Waals surface area contributed by atoms with E-state index in [4.69, 9.17) is 37.4 Å². The van der Waals surface area contributed by atoms with Crippen molar-refractivity contribution in [2.75, 3.05) is 20.3 Å². The zero-order valence-electron chi connectivity index (χ0n) is 12.8. The lowest BCUT2D eigenvalue weighted by Crippen LogP contribution is -2.10. The quantitative estimate of drug-likeness (QED) is 0.535. The van der Waals surface area contributed by atoms with Gasteiger partial charge in [0.05, 0.1) is 17.2 Å². The third kappa shape index (κ3) is 4.53. The van der Waals surface area contributed by atoms with Crippen molar-refractivity contribution in [2.45, 2.75) is 6.92 Å². The number of ether oxygens (including phenoxy) is 3. The molecule has 23 heavy (non-hydrogen) atoms. The van der Waals surface area contributed by atoms with Crippen molar-refractivity contribution in [3.05, 3.63) is 52.0 Å². The molecule has 0 spiro atoms. The first kappa shape index (κ1) is 17.4. The molecule has 6 heteroatoms. The van der Waals surface area contributed by atoms with Crippen LogP contribution in [-0.4, -0.2) is 26.1 Å². The average molecular weight is 355 g/mol. The Bertz CT molecular complexity index is 681. The van der Waals surface area contributed by atoms with E-state index in [0.29, 0.717) is 32.9 Å². The van der Waals surface area contributed by atoms with Crippen molar-refractivity contribution in [1.29, 1.82) is 0 Å². The summed E-state index contributed by atoms with van der Waals surface area (Å²) < 4.78 is 16.4. The van der Waals surface area contributed by atoms with Gasteiger partial charge >= 0.3 is 0 Å². The number of ketones is 1. The molecule has 4 nitrogen and oxygen atoms in total. The number of hydrogen-bond donors (Lipinski definition) is 0. The second kappa shape index (κ2) is 8.09. The van der Waals surface area contributed by atoms with Crippen LogP contribution in [0.15, 0.2) is 36.4 Å². The number of hydrogen-bond acceptors (Lipinski definition) is 4. The summed E-state index contributed by atoms with van der Waals surface area (Å²) in [5, 5.41) is 0.891. The normalized spacial score (nSPS) is 10.3. The minimum absolute atomic E-state index is 0.0356. The molecule has 0 atom stereocenters. The summed E-state index contributed by atoms with van der Waals surface area (Å²) in [6.45, 7) is 2.04. The Morgan fingerprint density at radius 1 is 1.00 bits per heavy atom. The van der Waals surface area contributed by atoms with Crippen molar-refractivity contribution in [3.63, 3.8) is 0 Å². The minimum Gasteiger partial charge on any atom is -0.493 e. The molecule has 0 aliphatic rings. The second-order valence-corrected chi connectivity index (χ2v) is 5.48. The highest BCUT2D eigenvalue weighted by atomic mass is 35.5. The van der Waals surface area contributed by atoms with Gasteiger partial charge in [-0.2, -0.15) is 0 Å². The van der Waals surface area contributed by atoms with Crippen molar-refractivity contribution in [3.8, 4) is 17.2 Å². The van der Waals surface area contributed by atoms with Crippen molar-refractivity contribution < 1.29 is 19.0 Å². The fraction of sp³-hybridized carbons (Fsp3) is 0.235. The Morgan fingerprint density at radius 3 is 2.26 bits per heavy atom. The highest BCUT2D eigenvalue weighted by Crippen LogP contribution is 2.32. The first-order valence-corrected chi connectivity index (χ1v) is 7.67. The summed E-state index contributed by atoms with van der Waals surface area (Å²) in [4.78, 5) is 11.4. The number of methoxy groups -OCH3 is 1. The van der Waals surface area contributed by atoms with Gasteiger partial charge in [-0.05, 0) is 37.3 Å². The number of rotatable bonds is 7. The molecule has 0 aliphatic heterocycles. The van der Waals surface area contributed by atoms with E-state index in [2.05, 4.69) is 0 Å². The summed E-state index contributed by atoms with van der Waals surface area (Å²) >= 11 is 12.0. The van der Waals surface area contributed by atoms with Crippen LogP contribution < -0.4 is 14.2 Å². The number of benzene rings is 2. The lowest BCUT2D eigenvalue weighted by molar-refractivity contribution is 0.101. The van der Waals surface area contributed by atoms with Crippen LogP contribution in [-0.2, 0) is 0 Å². The zero-order valence-corrected chi connectivity index (χ0v) is 14.3. The third-order valence-corrected chi connectivity index (χ3v) is 3.67. The van der Waals surface area contributed by atoms with Crippen LogP contribution in [0.25, 0.3) is 0 Å². The lowest BCUT2D eigenvalue weighted by Gasteiger charge is -2.13. The summed E-state index contributed by atoms with van der Waals surface area (Å²) in [5.74, 6) is 1.42. The van der Waals surface area contributed by atoms with Crippen LogP contribution in [0.5, 0.6) is 17.2 Å². The van der Waals surface area contributed by atoms with E-state index < -0.39 is 0 Å². The number of Topliss-reactive ketones (excluding diaryl/α,β-unsaturated/α-hetero) is 1. The molecule has 0 unspecified atom stereocenters. The van der Waals surface area contributed by atoms with Crippen molar-refractivity contribution >= 4 is 29.0 Å². The molecular weight excluding hydrogens is 339 g/mol. The highest BCUT2D eigenvalue weighted by Gasteiger charge is 2.09. The van der Waals surface area contributed by atoms with E-state index >= 15 is 0 Å². The van der Waals surface area contributed by atoms with Crippen LogP contribution in [0.4, 0.5) is 0 Å². The topological polar surface area (TPSA) is 44.8 Å². The maximum atomic E-state index is 11.4. The maximum absolute atomic E-state index is 11.4. The van der Waals surface area contributed by atoms with Crippen molar-refractivity contribution in [2.24, 2.45) is 0 Å². The number of carbonyl (C=O) groups excluding carboxylic acids is 1. The van der Waals surface area contributed by atoms with Gasteiger partial charge in [0.2, 0.25) is 0 Å². The molecule has 0 N–H and O–H groups in total. The number of carbonyl (C=O) groups is 1. The summed E-state index contributed by atoms with van der Waals surface area (Å²) in [5.41, 5.74) is 0.563. The molecule has 0 fully saturated rings. The Kier molecular flexibility index (Phi) is 6.13. The Morgan fingerprint density at radius 2 is 1.65 bits per heavy atom. The summed E-state index contributed by atoms with van der Waals surface area (Å²) in [6.07, 6.45) is 0. The largest absolute Gasteiger partial charge is 0.493 e. The molecule has 122 valence electrons. The molecule has 0 saturated heterocycles. The maximum Gasteiger partial charge on any atom is 0.161 e.